The van der Waals surface area contributed by atoms with Crippen molar-refractivity contribution in [3.63, 3.8) is 0 Å². The monoisotopic (exact) mass is 478 g/mol. The van der Waals surface area contributed by atoms with Crippen LogP contribution in [0.5, 0.6) is 0 Å². The number of benzene rings is 2. The maximum Gasteiger partial charge on any atom is 0.433 e. The van der Waals surface area contributed by atoms with Gasteiger partial charge >= 0.3 is 6.18 Å². The molecular formula is C25H21F3N6O. The number of carbonyl (C=O) groups is 1. The maximum absolute atomic E-state index is 13.9. The van der Waals surface area contributed by atoms with Crippen molar-refractivity contribution >= 4 is 22.4 Å². The van der Waals surface area contributed by atoms with Crippen LogP contribution in [0, 0.1) is 6.92 Å². The average molecular weight is 478 g/mol. The summed E-state index contributed by atoms with van der Waals surface area (Å²) in [6.45, 7) is 2.30. The molecule has 0 radical (unpaired) electrons. The molecule has 0 bridgehead atoms. The first-order chi connectivity index (χ1) is 16.6. The van der Waals surface area contributed by atoms with Gasteiger partial charge in [-0.25, -0.2) is 15.4 Å². The Labute approximate surface area is 198 Å². The number of hydrogen-bond acceptors (Lipinski definition) is 5. The van der Waals surface area contributed by atoms with Gasteiger partial charge in [-0.3, -0.25) is 4.79 Å². The van der Waals surface area contributed by atoms with Crippen molar-refractivity contribution in [3.05, 3.63) is 83.7 Å². The van der Waals surface area contributed by atoms with E-state index in [1.54, 1.807) is 54.3 Å². The van der Waals surface area contributed by atoms with Crippen LogP contribution in [-0.4, -0.2) is 39.0 Å². The van der Waals surface area contributed by atoms with Crippen LogP contribution < -0.4 is 11.2 Å². The number of hydrazine groups is 1. The Kier molecular flexibility index (Phi) is 5.32. The fraction of sp³-hybridized carbons (Fsp3) is 0.160. The minimum Gasteiger partial charge on any atom is -0.366 e. The number of alkyl halides is 3. The first-order valence-corrected chi connectivity index (χ1v) is 10.8. The van der Waals surface area contributed by atoms with E-state index in [9.17, 15) is 18.0 Å². The molecule has 7 nitrogen and oxygen atoms in total. The summed E-state index contributed by atoms with van der Waals surface area (Å²) in [5.41, 5.74) is 11.6. The Morgan fingerprint density at radius 1 is 1.17 bits per heavy atom. The van der Waals surface area contributed by atoms with E-state index in [4.69, 9.17) is 5.73 Å². The zero-order valence-electron chi connectivity index (χ0n) is 18.9. The van der Waals surface area contributed by atoms with Crippen LogP contribution >= 0.6 is 0 Å². The van der Waals surface area contributed by atoms with Crippen molar-refractivity contribution in [3.8, 4) is 16.8 Å². The lowest BCUT2D eigenvalue weighted by Gasteiger charge is -2.15. The molecule has 1 amide bonds. The number of carbonyl (C=O) groups excluding carboxylic acids is 1. The lowest BCUT2D eigenvalue weighted by atomic mass is 9.96. The molecule has 0 aliphatic carbocycles. The molecule has 4 aromatic rings. The summed E-state index contributed by atoms with van der Waals surface area (Å²) in [5, 5.41) is 2.36. The number of fused-ring (bicyclic) bond motifs is 1. The predicted molar refractivity (Wildman–Crippen MR) is 126 cm³/mol. The first kappa shape index (κ1) is 22.6. The third kappa shape index (κ3) is 4.12. The number of hydrogen-bond donors (Lipinski definition) is 2. The number of primary amides is 1. The number of nitrogens with two attached hydrogens (primary N) is 1. The van der Waals surface area contributed by atoms with Crippen LogP contribution in [0.4, 0.5) is 13.2 Å². The smallest absolute Gasteiger partial charge is 0.366 e. The van der Waals surface area contributed by atoms with Gasteiger partial charge in [0.25, 0.3) is 0 Å². The molecule has 0 saturated heterocycles. The Bertz CT molecular complexity index is 1510. The highest BCUT2D eigenvalue weighted by Crippen LogP contribution is 2.37. The second kappa shape index (κ2) is 8.24. The van der Waals surface area contributed by atoms with Gasteiger partial charge in [0, 0.05) is 42.5 Å². The molecule has 2 aromatic carbocycles. The third-order valence-electron chi connectivity index (χ3n) is 5.97. The zero-order chi connectivity index (χ0) is 24.9. The normalized spacial score (nSPS) is 14.0. The van der Waals surface area contributed by atoms with E-state index in [2.05, 4.69) is 15.4 Å². The van der Waals surface area contributed by atoms with Gasteiger partial charge in [0.2, 0.25) is 5.91 Å². The molecule has 2 aromatic heterocycles. The first-order valence-electron chi connectivity index (χ1n) is 10.8. The fourth-order valence-electron chi connectivity index (χ4n) is 4.25. The summed E-state index contributed by atoms with van der Waals surface area (Å²) in [6, 6.07) is 11.0. The molecule has 178 valence electrons. The van der Waals surface area contributed by atoms with Crippen molar-refractivity contribution in [2.45, 2.75) is 13.1 Å². The van der Waals surface area contributed by atoms with E-state index in [0.29, 0.717) is 45.6 Å². The SMILES string of the molecule is Cc1cc(-c2cc(C(F)(F)F)nc3c(-n4cnc(C5=CN(C)NC5)c4)cccc23)ccc1C(N)=O. The molecule has 0 spiro atoms. The summed E-state index contributed by atoms with van der Waals surface area (Å²) in [4.78, 5) is 20.1. The molecule has 10 heteroatoms. The molecule has 5 rings (SSSR count). The van der Waals surface area contributed by atoms with Gasteiger partial charge in [-0.1, -0.05) is 24.3 Å². The number of nitrogens with zero attached hydrogens (tertiary/aromatic N) is 4. The zero-order valence-corrected chi connectivity index (χ0v) is 18.9. The molecule has 3 N–H and O–H groups in total. The molecule has 3 heterocycles. The number of aryl methyl sites for hydroxylation is 1. The number of aromatic nitrogens is 3. The second-order valence-electron chi connectivity index (χ2n) is 8.39. The number of pyridine rings is 1. The highest BCUT2D eigenvalue weighted by atomic mass is 19.4. The number of amides is 1. The number of para-hydroxylation sites is 1. The molecule has 1 aliphatic rings. The van der Waals surface area contributed by atoms with Gasteiger partial charge in [-0.15, -0.1) is 0 Å². The quantitative estimate of drug-likeness (QED) is 0.457. The van der Waals surface area contributed by atoms with Gasteiger partial charge in [0.1, 0.15) is 5.69 Å². The lowest BCUT2D eigenvalue weighted by Crippen LogP contribution is -2.23. The minimum absolute atomic E-state index is 0.188. The summed E-state index contributed by atoms with van der Waals surface area (Å²) in [5.74, 6) is -0.596. The van der Waals surface area contributed by atoms with Crippen LogP contribution in [-0.2, 0) is 6.18 Å². The molecule has 35 heavy (non-hydrogen) atoms. The summed E-state index contributed by atoms with van der Waals surface area (Å²) in [7, 11) is 1.87. The molecule has 0 unspecified atom stereocenters. The largest absolute Gasteiger partial charge is 0.433 e. The van der Waals surface area contributed by atoms with Gasteiger partial charge in [0.15, 0.2) is 0 Å². The minimum atomic E-state index is -4.65. The van der Waals surface area contributed by atoms with Crippen LogP contribution in [0.1, 0.15) is 27.3 Å². The maximum atomic E-state index is 13.9. The highest BCUT2D eigenvalue weighted by molar-refractivity contribution is 6.00. The van der Waals surface area contributed by atoms with E-state index < -0.39 is 17.8 Å². The highest BCUT2D eigenvalue weighted by Gasteiger charge is 2.34. The van der Waals surface area contributed by atoms with Crippen LogP contribution in [0.2, 0.25) is 0 Å². The standard InChI is InChI=1S/C25H21F3N6O/c1-14-8-15(6-7-17(14)24(29)35)19-9-22(25(26,27)28)32-23-18(19)4-3-5-21(23)34-12-20(30-13-34)16-10-31-33(2)11-16/h3-9,11-13,31H,10H2,1-2H3,(H2,29,35). The molecular weight excluding hydrogens is 457 g/mol. The van der Waals surface area contributed by atoms with Gasteiger partial charge in [-0.05, 0) is 41.8 Å². The topological polar surface area (TPSA) is 89.1 Å². The number of nitrogens with one attached hydrogen (secondary N) is 1. The summed E-state index contributed by atoms with van der Waals surface area (Å²) in [6.07, 6.45) is 0.598. The summed E-state index contributed by atoms with van der Waals surface area (Å²) < 4.78 is 43.3. The number of rotatable bonds is 4. The lowest BCUT2D eigenvalue weighted by molar-refractivity contribution is -0.140. The third-order valence-corrected chi connectivity index (χ3v) is 5.97. The number of imidazole rings is 1. The average Bonchev–Trinajstić information content (AvgIpc) is 3.46. The second-order valence-corrected chi connectivity index (χ2v) is 8.39. The van der Waals surface area contributed by atoms with Crippen LogP contribution in [0.3, 0.4) is 0 Å². The van der Waals surface area contributed by atoms with Crippen molar-refractivity contribution < 1.29 is 18.0 Å². The molecule has 0 atom stereocenters. The molecule has 0 saturated carbocycles. The Morgan fingerprint density at radius 3 is 2.63 bits per heavy atom. The van der Waals surface area contributed by atoms with E-state index >= 15 is 0 Å². The van der Waals surface area contributed by atoms with E-state index in [1.807, 2.05) is 18.3 Å². The van der Waals surface area contributed by atoms with Gasteiger partial charge < -0.3 is 15.3 Å². The van der Waals surface area contributed by atoms with Crippen LogP contribution in [0.15, 0.2) is 61.2 Å². The van der Waals surface area contributed by atoms with E-state index in [1.165, 1.54) is 6.07 Å². The van der Waals surface area contributed by atoms with E-state index in [-0.39, 0.29) is 5.52 Å². The van der Waals surface area contributed by atoms with Crippen molar-refractivity contribution in [1.29, 1.82) is 0 Å². The van der Waals surface area contributed by atoms with Crippen molar-refractivity contribution in [2.75, 3.05) is 13.6 Å². The molecule has 1 aliphatic heterocycles. The Hall–Kier alpha value is -4.18. The van der Waals surface area contributed by atoms with Crippen molar-refractivity contribution in [2.24, 2.45) is 5.73 Å². The van der Waals surface area contributed by atoms with Crippen LogP contribution in [0.25, 0.3) is 33.3 Å². The number of halogens is 3. The fourth-order valence-corrected chi connectivity index (χ4v) is 4.25. The predicted octanol–water partition coefficient (Wildman–Crippen LogP) is 4.30. The molecule has 0 fully saturated rings. The summed E-state index contributed by atoms with van der Waals surface area (Å²) >= 11 is 0. The van der Waals surface area contributed by atoms with Gasteiger partial charge in [0.05, 0.1) is 23.2 Å². The Morgan fingerprint density at radius 2 is 1.97 bits per heavy atom. The van der Waals surface area contributed by atoms with Crippen molar-refractivity contribution in [1.82, 2.24) is 25.0 Å². The van der Waals surface area contributed by atoms with E-state index in [0.717, 1.165) is 11.6 Å². The van der Waals surface area contributed by atoms with Gasteiger partial charge in [-0.2, -0.15) is 13.2 Å². The Balaban J connectivity index is 1.71.